The van der Waals surface area contributed by atoms with E-state index in [4.69, 9.17) is 20.7 Å². The van der Waals surface area contributed by atoms with Gasteiger partial charge in [-0.2, -0.15) is 12.1 Å². The van der Waals surface area contributed by atoms with Gasteiger partial charge in [0.05, 0.1) is 13.7 Å². The topological polar surface area (TPSA) is 31.8 Å². The number of benzene rings is 10. The standard InChI is InChI=1S/C76H63N4OSi.Pt/c1-50-33-36-69-63(41-50)64-42-51(2)34-37-70(64)82(69)71-32-18-17-31-67(71)80(73-46-56(39-40-77-73)75(3,4)5)68-48-60(35-38-72(68)82)81-59-26-19-25-58(47-59)78-49-79(66-30-16-15-29-65(66)78)74-61(53-23-13-10-14-24-53)27-20-28-62(74)55-43-54(52-21-11-9-12-22-52)44-57(45-55)76(6,7)8;/h9-46,49H,1-8H3;/q-3;/i9D,10D,11D,12D,13D,14D,21D,22D,23D,24D;. The van der Waals surface area contributed by atoms with Gasteiger partial charge in [0.15, 0.2) is 0 Å². The summed E-state index contributed by atoms with van der Waals surface area (Å²) in [6.45, 7) is 19.0. The first-order chi connectivity index (χ1) is 43.9. The van der Waals surface area contributed by atoms with Gasteiger partial charge in [-0.3, -0.25) is 0 Å². The summed E-state index contributed by atoms with van der Waals surface area (Å²) in [6.07, 6.45) is 1.89. The Morgan fingerprint density at radius 3 is 1.73 bits per heavy atom. The Bertz CT molecular complexity index is 4840. The van der Waals surface area contributed by atoms with Crippen LogP contribution in [0.15, 0.2) is 230 Å². The van der Waals surface area contributed by atoms with Gasteiger partial charge in [0.2, 0.25) is 0 Å². The van der Waals surface area contributed by atoms with Crippen LogP contribution in [0.25, 0.3) is 44.5 Å². The van der Waals surface area contributed by atoms with Gasteiger partial charge in [-0.25, -0.2) is 4.98 Å². The first-order valence-electron chi connectivity index (χ1n) is 32.7. The second kappa shape index (κ2) is 20.7. The minimum Gasteiger partial charge on any atom is -0.509 e. The van der Waals surface area contributed by atoms with E-state index in [0.717, 1.165) is 34.0 Å². The molecule has 0 saturated heterocycles. The van der Waals surface area contributed by atoms with Crippen LogP contribution < -0.4 is 40.2 Å². The molecule has 0 saturated carbocycles. The summed E-state index contributed by atoms with van der Waals surface area (Å²) < 4.78 is 95.9. The molecule has 0 amide bonds. The summed E-state index contributed by atoms with van der Waals surface area (Å²) >= 11 is 0. The van der Waals surface area contributed by atoms with E-state index in [2.05, 4.69) is 131 Å². The SMILES string of the molecule is [2H]c1c([2H])c([2H])c(-c2cc(-c3cccc(-c4c([2H])c([2H])c([2H])c([2H])c4[2H])c3N3[CH-]N(c4[c-]c(Oc5[c-]c6c(cc5)[Si]5(c7ccc(C)cc7-c7cc(C)ccc75)c5ccccc5N6c5cc(C(C)(C)C)ccn5)ccc4)c4ccccc43)cc(C(C)(C)C)c2)c([2H])c1[2H].[Pt]. The molecule has 0 aliphatic carbocycles. The van der Waals surface area contributed by atoms with E-state index in [-0.39, 0.29) is 61.8 Å². The number of fused-ring (bicyclic) bond motifs is 10. The molecule has 0 atom stereocenters. The second-order valence-electron chi connectivity index (χ2n) is 23.5. The molecule has 14 rings (SSSR count). The molecule has 1 spiro atoms. The quantitative estimate of drug-likeness (QED) is 0.112. The van der Waals surface area contributed by atoms with Crippen LogP contribution in [-0.2, 0) is 31.9 Å². The molecule has 5 nitrogen and oxygen atoms in total. The van der Waals surface area contributed by atoms with Crippen LogP contribution in [-0.4, -0.2) is 13.1 Å². The van der Waals surface area contributed by atoms with Crippen molar-refractivity contribution in [1.82, 2.24) is 4.98 Å². The summed E-state index contributed by atoms with van der Waals surface area (Å²) in [5, 5.41) is 5.08. The van der Waals surface area contributed by atoms with Gasteiger partial charge < -0.3 is 19.4 Å². The molecule has 3 aliphatic rings. The Balaban J connectivity index is 0.00000787. The number of rotatable bonds is 8. The maximum Gasteiger partial charge on any atom is 0.135 e. The minimum absolute atomic E-state index is 0. The van der Waals surface area contributed by atoms with Gasteiger partial charge in [-0.1, -0.05) is 216 Å². The molecule has 83 heavy (non-hydrogen) atoms. The zero-order valence-electron chi connectivity index (χ0n) is 57.3. The van der Waals surface area contributed by atoms with Crippen LogP contribution in [0.2, 0.25) is 0 Å². The van der Waals surface area contributed by atoms with Crippen molar-refractivity contribution < 1.29 is 39.5 Å². The van der Waals surface area contributed by atoms with Gasteiger partial charge in [-0.15, -0.1) is 47.9 Å². The van der Waals surface area contributed by atoms with Gasteiger partial charge in [-0.05, 0) is 121 Å². The zero-order valence-corrected chi connectivity index (χ0v) is 50.5. The van der Waals surface area contributed by atoms with Crippen molar-refractivity contribution in [3.63, 3.8) is 0 Å². The molecular weight excluding hydrogens is 1210 g/mol. The smallest absolute Gasteiger partial charge is 0.135 e. The van der Waals surface area contributed by atoms with Crippen LogP contribution in [0.3, 0.4) is 0 Å². The number of nitrogens with zero attached hydrogens (tertiary/aromatic N) is 4. The number of pyridine rings is 1. The Kier molecular flexibility index (Phi) is 10.8. The van der Waals surface area contributed by atoms with Crippen molar-refractivity contribution in [3.05, 3.63) is 271 Å². The van der Waals surface area contributed by atoms with Gasteiger partial charge in [0.25, 0.3) is 0 Å². The number of para-hydroxylation sites is 4. The van der Waals surface area contributed by atoms with Crippen LogP contribution in [0.1, 0.15) is 77.5 Å². The molecule has 410 valence electrons. The molecule has 0 bridgehead atoms. The van der Waals surface area contributed by atoms with E-state index < -0.39 is 49.7 Å². The van der Waals surface area contributed by atoms with Crippen LogP contribution in [0.5, 0.6) is 11.5 Å². The molecule has 11 aromatic rings. The van der Waals surface area contributed by atoms with Crippen molar-refractivity contribution in [1.29, 1.82) is 0 Å². The van der Waals surface area contributed by atoms with Crippen LogP contribution >= 0.6 is 0 Å². The predicted molar refractivity (Wildman–Crippen MR) is 344 cm³/mol. The first kappa shape index (κ1) is 43.2. The number of aryl methyl sites for hydroxylation is 2. The number of hydrogen-bond donors (Lipinski definition) is 0. The monoisotopic (exact) mass is 1280 g/mol. The Morgan fingerprint density at radius 2 is 1.06 bits per heavy atom. The van der Waals surface area contributed by atoms with E-state index in [1.807, 2.05) is 110 Å². The number of aromatic nitrogens is 1. The molecule has 10 aromatic carbocycles. The van der Waals surface area contributed by atoms with E-state index in [9.17, 15) is 2.74 Å². The van der Waals surface area contributed by atoms with Crippen molar-refractivity contribution >= 4 is 68.8 Å². The fourth-order valence-electron chi connectivity index (χ4n) is 12.3. The van der Waals surface area contributed by atoms with E-state index >= 15 is 0 Å². The van der Waals surface area contributed by atoms with Crippen molar-refractivity contribution in [2.45, 2.75) is 66.2 Å². The van der Waals surface area contributed by atoms with E-state index in [1.54, 1.807) is 18.2 Å². The normalized spacial score (nSPS) is 15.3. The summed E-state index contributed by atoms with van der Waals surface area (Å²) in [7, 11) is -3.05. The van der Waals surface area contributed by atoms with Gasteiger partial charge >= 0.3 is 0 Å². The Morgan fingerprint density at radius 1 is 0.482 bits per heavy atom. The molecule has 7 heteroatoms. The molecule has 4 heterocycles. The van der Waals surface area contributed by atoms with Crippen molar-refractivity contribution in [2.24, 2.45) is 0 Å². The van der Waals surface area contributed by atoms with E-state index in [0.29, 0.717) is 50.8 Å². The molecule has 1 aromatic heterocycles. The average molecular weight is 1280 g/mol. The average Bonchev–Trinajstić information content (AvgIpc) is 1.58. The number of ether oxygens (including phenoxy) is 1. The fraction of sp³-hybridized carbons (Fsp3) is 0.132. The van der Waals surface area contributed by atoms with Crippen LogP contribution in [0, 0.1) is 32.6 Å². The van der Waals surface area contributed by atoms with Gasteiger partial charge in [0, 0.05) is 72.6 Å². The second-order valence-corrected chi connectivity index (χ2v) is 27.2. The van der Waals surface area contributed by atoms with Crippen LogP contribution in [0.4, 0.5) is 39.9 Å². The van der Waals surface area contributed by atoms with E-state index in [1.165, 1.54) is 43.0 Å². The molecular formula is C76H63N4OPtSi-3. The number of hydrogen-bond acceptors (Lipinski definition) is 5. The first-order valence-corrected chi connectivity index (χ1v) is 29.7. The number of anilines is 7. The van der Waals surface area contributed by atoms with Gasteiger partial charge in [0.1, 0.15) is 13.9 Å². The Labute approximate surface area is 518 Å². The third-order valence-corrected chi connectivity index (χ3v) is 21.1. The summed E-state index contributed by atoms with van der Waals surface area (Å²) in [5.41, 5.74) is 12.5. The largest absolute Gasteiger partial charge is 0.509 e. The molecule has 0 fully saturated rings. The predicted octanol–water partition coefficient (Wildman–Crippen LogP) is 17.2. The maximum absolute atomic E-state index is 9.37. The summed E-state index contributed by atoms with van der Waals surface area (Å²) in [6, 6.07) is 58.8. The third kappa shape index (κ3) is 9.15. The van der Waals surface area contributed by atoms with Crippen molar-refractivity contribution in [2.75, 3.05) is 14.7 Å². The third-order valence-electron chi connectivity index (χ3n) is 16.2. The fourth-order valence-corrected chi connectivity index (χ4v) is 17.7. The van der Waals surface area contributed by atoms with Crippen molar-refractivity contribution in [3.8, 4) is 56.0 Å². The summed E-state index contributed by atoms with van der Waals surface area (Å²) in [4.78, 5) is 11.3. The molecule has 0 N–H and O–H groups in total. The summed E-state index contributed by atoms with van der Waals surface area (Å²) in [5.74, 6) is 1.64. The molecule has 0 unspecified atom stereocenters. The Hall–Kier alpha value is -8.54. The molecule has 0 radical (unpaired) electrons. The maximum atomic E-state index is 9.37. The molecule has 3 aliphatic heterocycles. The minimum atomic E-state index is -3.05. The zero-order chi connectivity index (χ0) is 64.8.